The van der Waals surface area contributed by atoms with Crippen LogP contribution in [0.3, 0.4) is 0 Å². The van der Waals surface area contributed by atoms with Gasteiger partial charge in [0, 0.05) is 38.6 Å². The zero-order chi connectivity index (χ0) is 14.9. The number of hydrogen-bond acceptors (Lipinski definition) is 5. The topological polar surface area (TPSA) is 62.5 Å². The van der Waals surface area contributed by atoms with E-state index in [4.69, 9.17) is 4.42 Å². The largest absolute Gasteiger partial charge is 0.472 e. The molecule has 2 fully saturated rings. The van der Waals surface area contributed by atoms with Gasteiger partial charge in [0.05, 0.1) is 11.8 Å². The first-order chi connectivity index (χ1) is 10.8. The van der Waals surface area contributed by atoms with E-state index in [-0.39, 0.29) is 5.91 Å². The maximum Gasteiger partial charge on any atom is 0.257 e. The Morgan fingerprint density at radius 3 is 2.77 bits per heavy atom. The molecule has 6 nitrogen and oxygen atoms in total. The van der Waals surface area contributed by atoms with Gasteiger partial charge < -0.3 is 14.2 Å². The molecular weight excluding hydrogens is 280 g/mol. The van der Waals surface area contributed by atoms with Crippen molar-refractivity contribution in [3.05, 3.63) is 42.6 Å². The van der Waals surface area contributed by atoms with E-state index in [1.807, 2.05) is 11.0 Å². The molecule has 2 aromatic rings. The van der Waals surface area contributed by atoms with Crippen molar-refractivity contribution in [3.8, 4) is 0 Å². The lowest BCUT2D eigenvalue weighted by molar-refractivity contribution is 0.0784. The maximum absolute atomic E-state index is 12.4. The van der Waals surface area contributed by atoms with Crippen LogP contribution >= 0.6 is 0 Å². The van der Waals surface area contributed by atoms with Gasteiger partial charge in [-0.2, -0.15) is 0 Å². The lowest BCUT2D eigenvalue weighted by atomic mass is 9.89. The second kappa shape index (κ2) is 5.44. The fourth-order valence-electron chi connectivity index (χ4n) is 3.54. The molecule has 0 aliphatic carbocycles. The van der Waals surface area contributed by atoms with E-state index in [1.54, 1.807) is 24.7 Å². The van der Waals surface area contributed by atoms with Crippen LogP contribution in [0.1, 0.15) is 16.8 Å². The second-order valence-corrected chi connectivity index (χ2v) is 6.03. The van der Waals surface area contributed by atoms with E-state index in [1.165, 1.54) is 6.26 Å². The second-order valence-electron chi connectivity index (χ2n) is 6.03. The van der Waals surface area contributed by atoms with E-state index in [9.17, 15) is 4.79 Å². The molecule has 0 saturated carbocycles. The Balaban J connectivity index is 1.45. The Morgan fingerprint density at radius 1 is 1.18 bits per heavy atom. The van der Waals surface area contributed by atoms with Gasteiger partial charge in [0.15, 0.2) is 0 Å². The first kappa shape index (κ1) is 13.3. The minimum absolute atomic E-state index is 0.0747. The first-order valence-corrected chi connectivity index (χ1v) is 7.64. The normalized spacial score (nSPS) is 24.4. The van der Waals surface area contributed by atoms with Gasteiger partial charge in [0.25, 0.3) is 5.91 Å². The van der Waals surface area contributed by atoms with Crippen molar-refractivity contribution in [3.63, 3.8) is 0 Å². The Bertz CT molecular complexity index is 643. The number of carbonyl (C=O) groups is 1. The Morgan fingerprint density at radius 2 is 2.00 bits per heavy atom. The predicted octanol–water partition coefficient (Wildman–Crippen LogP) is 1.67. The van der Waals surface area contributed by atoms with Crippen molar-refractivity contribution in [2.24, 2.45) is 11.8 Å². The fraction of sp³-hybridized carbons (Fsp3) is 0.438. The number of amides is 1. The number of fused-ring (bicyclic) bond motifs is 1. The lowest BCUT2D eigenvalue weighted by Crippen LogP contribution is -2.40. The Hall–Kier alpha value is -2.37. The molecular formula is C16H18N4O2. The van der Waals surface area contributed by atoms with Crippen LogP contribution in [0.25, 0.3) is 0 Å². The molecule has 2 aliphatic heterocycles. The van der Waals surface area contributed by atoms with Crippen LogP contribution < -0.4 is 4.90 Å². The van der Waals surface area contributed by atoms with E-state index in [0.29, 0.717) is 17.4 Å². The summed E-state index contributed by atoms with van der Waals surface area (Å²) >= 11 is 0. The van der Waals surface area contributed by atoms with Crippen LogP contribution in [-0.4, -0.2) is 47.0 Å². The van der Waals surface area contributed by atoms with Gasteiger partial charge in [-0.05, 0) is 30.4 Å². The highest BCUT2D eigenvalue weighted by atomic mass is 16.3. The summed E-state index contributed by atoms with van der Waals surface area (Å²) < 4.78 is 5.02. The van der Waals surface area contributed by atoms with Crippen LogP contribution in [0.15, 0.2) is 41.5 Å². The summed E-state index contributed by atoms with van der Waals surface area (Å²) in [6.45, 7) is 3.53. The molecule has 0 unspecified atom stereocenters. The molecule has 4 heterocycles. The molecule has 0 spiro atoms. The summed E-state index contributed by atoms with van der Waals surface area (Å²) in [7, 11) is 0. The minimum atomic E-state index is 0.0747. The van der Waals surface area contributed by atoms with Gasteiger partial charge in [0.1, 0.15) is 6.26 Å². The number of nitrogens with zero attached hydrogens (tertiary/aromatic N) is 4. The van der Waals surface area contributed by atoms with Gasteiger partial charge in [-0.3, -0.25) is 4.79 Å². The summed E-state index contributed by atoms with van der Waals surface area (Å²) in [6.07, 6.45) is 7.70. The molecule has 4 rings (SSSR count). The smallest absolute Gasteiger partial charge is 0.257 e. The van der Waals surface area contributed by atoms with Crippen molar-refractivity contribution in [2.75, 3.05) is 31.1 Å². The molecule has 0 N–H and O–H groups in total. The molecule has 114 valence electrons. The number of likely N-dealkylation sites (tertiary alicyclic amines) is 1. The highest BCUT2D eigenvalue weighted by Gasteiger charge is 2.39. The summed E-state index contributed by atoms with van der Waals surface area (Å²) in [5, 5.41) is 0. The third-order valence-electron chi connectivity index (χ3n) is 4.69. The third-order valence-corrected chi connectivity index (χ3v) is 4.69. The van der Waals surface area contributed by atoms with Crippen molar-refractivity contribution in [2.45, 2.75) is 6.42 Å². The minimum Gasteiger partial charge on any atom is -0.472 e. The zero-order valence-electron chi connectivity index (χ0n) is 12.3. The van der Waals surface area contributed by atoms with Crippen molar-refractivity contribution >= 4 is 11.9 Å². The fourth-order valence-corrected chi connectivity index (χ4v) is 3.54. The van der Waals surface area contributed by atoms with Crippen LogP contribution in [0.2, 0.25) is 0 Å². The summed E-state index contributed by atoms with van der Waals surface area (Å²) in [6, 6.07) is 3.56. The number of furan rings is 1. The molecule has 2 atom stereocenters. The van der Waals surface area contributed by atoms with Crippen molar-refractivity contribution < 1.29 is 9.21 Å². The van der Waals surface area contributed by atoms with Gasteiger partial charge in [-0.1, -0.05) is 0 Å². The molecule has 2 aliphatic rings. The maximum atomic E-state index is 12.4. The average molecular weight is 298 g/mol. The molecule has 1 amide bonds. The summed E-state index contributed by atoms with van der Waals surface area (Å²) in [5.41, 5.74) is 0.641. The van der Waals surface area contributed by atoms with E-state index in [0.717, 1.165) is 38.5 Å². The molecule has 2 saturated heterocycles. The summed E-state index contributed by atoms with van der Waals surface area (Å²) in [5.74, 6) is 1.94. The monoisotopic (exact) mass is 298 g/mol. The van der Waals surface area contributed by atoms with Crippen LogP contribution in [-0.2, 0) is 0 Å². The van der Waals surface area contributed by atoms with Crippen molar-refractivity contribution in [1.29, 1.82) is 0 Å². The molecule has 2 aromatic heterocycles. The highest BCUT2D eigenvalue weighted by Crippen LogP contribution is 2.33. The first-order valence-electron chi connectivity index (χ1n) is 7.64. The third kappa shape index (κ3) is 2.34. The van der Waals surface area contributed by atoms with Gasteiger partial charge in [-0.15, -0.1) is 0 Å². The predicted molar refractivity (Wildman–Crippen MR) is 80.5 cm³/mol. The number of anilines is 1. The Labute approximate surface area is 128 Å². The van der Waals surface area contributed by atoms with E-state index >= 15 is 0 Å². The molecule has 6 heteroatoms. The van der Waals surface area contributed by atoms with Gasteiger partial charge >= 0.3 is 0 Å². The molecule has 0 radical (unpaired) electrons. The number of hydrogen-bond donors (Lipinski definition) is 0. The number of rotatable bonds is 2. The average Bonchev–Trinajstić information content (AvgIpc) is 3.23. The number of carbonyl (C=O) groups excluding carboxylic acids is 1. The highest BCUT2D eigenvalue weighted by molar-refractivity contribution is 5.94. The van der Waals surface area contributed by atoms with Crippen LogP contribution in [0.4, 0.5) is 5.95 Å². The van der Waals surface area contributed by atoms with Crippen molar-refractivity contribution in [1.82, 2.24) is 14.9 Å². The van der Waals surface area contributed by atoms with Gasteiger partial charge in [-0.25, -0.2) is 9.97 Å². The molecule has 22 heavy (non-hydrogen) atoms. The molecule has 0 bridgehead atoms. The van der Waals surface area contributed by atoms with Crippen LogP contribution in [0.5, 0.6) is 0 Å². The zero-order valence-corrected chi connectivity index (χ0v) is 12.3. The number of piperidine rings is 1. The molecule has 0 aromatic carbocycles. The van der Waals surface area contributed by atoms with E-state index in [2.05, 4.69) is 14.9 Å². The Kier molecular flexibility index (Phi) is 3.29. The summed E-state index contributed by atoms with van der Waals surface area (Å²) in [4.78, 5) is 25.3. The lowest BCUT2D eigenvalue weighted by Gasteiger charge is -2.34. The SMILES string of the molecule is O=C(c1ccoc1)N1C[C@H]2CCN(c3ncccn3)C[C@H]2C1. The van der Waals surface area contributed by atoms with Crippen LogP contribution in [0, 0.1) is 11.8 Å². The quantitative estimate of drug-likeness (QED) is 0.844. The number of aromatic nitrogens is 2. The van der Waals surface area contributed by atoms with E-state index < -0.39 is 0 Å². The standard InChI is InChI=1S/C16H18N4O2/c21-15(13-3-7-22-11-13)20-8-12-2-6-19(9-14(12)10-20)16-17-4-1-5-18-16/h1,3-5,7,11-12,14H,2,6,8-10H2/t12-,14+/m1/s1. The van der Waals surface area contributed by atoms with Gasteiger partial charge in [0.2, 0.25) is 5.95 Å².